The zero-order valence-corrected chi connectivity index (χ0v) is 13.9. The molecule has 4 saturated carbocycles. The number of nitrogens with zero attached hydrogens (tertiary/aromatic N) is 4. The van der Waals surface area contributed by atoms with Crippen LogP contribution in [0, 0.1) is 16.7 Å². The number of carboxylic acid groups (broad SMARTS) is 1. The van der Waals surface area contributed by atoms with Gasteiger partial charge in [0.05, 0.1) is 34.8 Å². The quantitative estimate of drug-likeness (QED) is 0.905. The van der Waals surface area contributed by atoms with Crippen molar-refractivity contribution in [3.8, 4) is 0 Å². The van der Waals surface area contributed by atoms with Gasteiger partial charge in [0.2, 0.25) is 5.91 Å². The molecule has 128 valence electrons. The average Bonchev–Trinajstić information content (AvgIpc) is 2.83. The Kier molecular flexibility index (Phi) is 2.63. The Hall–Kier alpha value is -1.92. The fourth-order valence-corrected chi connectivity index (χ4v) is 5.31. The maximum atomic E-state index is 12.9. The van der Waals surface area contributed by atoms with Gasteiger partial charge in [0.1, 0.15) is 0 Å². The molecule has 0 aromatic carbocycles. The molecule has 0 atom stereocenters. The predicted molar refractivity (Wildman–Crippen MR) is 82.9 cm³/mol. The van der Waals surface area contributed by atoms with Gasteiger partial charge in [0.15, 0.2) is 0 Å². The number of hydrogen-bond donors (Lipinski definition) is 1. The van der Waals surface area contributed by atoms with Crippen molar-refractivity contribution in [3.05, 3.63) is 11.4 Å². The lowest BCUT2D eigenvalue weighted by molar-refractivity contribution is -0.226. The van der Waals surface area contributed by atoms with Gasteiger partial charge < -0.3 is 10.0 Å². The summed E-state index contributed by atoms with van der Waals surface area (Å²) >= 11 is 0. The molecule has 1 aromatic heterocycles. The monoisotopic (exact) mass is 330 g/mol. The number of aromatic nitrogens is 3. The number of carboxylic acids is 1. The summed E-state index contributed by atoms with van der Waals surface area (Å²) < 4.78 is 2.04. The molecule has 1 aromatic rings. The number of aliphatic carboxylic acids is 1. The van der Waals surface area contributed by atoms with Crippen molar-refractivity contribution in [2.45, 2.75) is 58.0 Å². The van der Waals surface area contributed by atoms with Crippen LogP contribution in [0.4, 0.5) is 0 Å². The fraction of sp³-hybridized carbons (Fsp3) is 0.765. The lowest BCUT2D eigenvalue weighted by Gasteiger charge is -2.67. The van der Waals surface area contributed by atoms with E-state index < -0.39 is 11.4 Å². The Morgan fingerprint density at radius 2 is 1.92 bits per heavy atom. The smallest absolute Gasteiger partial charge is 0.309 e. The molecule has 0 radical (unpaired) electrons. The minimum absolute atomic E-state index is 0.144. The summed E-state index contributed by atoms with van der Waals surface area (Å²) in [5, 5.41) is 17.9. The van der Waals surface area contributed by atoms with E-state index >= 15 is 0 Å². The van der Waals surface area contributed by atoms with Crippen molar-refractivity contribution in [3.63, 3.8) is 0 Å². The fourth-order valence-electron chi connectivity index (χ4n) is 5.31. The van der Waals surface area contributed by atoms with Gasteiger partial charge in [-0.3, -0.25) is 9.59 Å². The zero-order chi connectivity index (χ0) is 16.7. The lowest BCUT2D eigenvalue weighted by atomic mass is 9.34. The summed E-state index contributed by atoms with van der Waals surface area (Å²) in [6.45, 7) is 3.50. The molecule has 1 aliphatic heterocycles. The Morgan fingerprint density at radius 3 is 2.54 bits per heavy atom. The molecule has 1 amide bonds. The van der Waals surface area contributed by atoms with Crippen LogP contribution in [0.25, 0.3) is 0 Å². The number of amides is 1. The SMILES string of the molecule is CC1CC(n2nnc3c2CN(C(=O)C24CC(C(=O)O)(C2)C4)CC3)C1. The molecule has 2 heterocycles. The second-order valence-corrected chi connectivity index (χ2v) is 8.53. The summed E-state index contributed by atoms with van der Waals surface area (Å²) in [5.41, 5.74) is 1.13. The first kappa shape index (κ1) is 14.4. The van der Waals surface area contributed by atoms with Crippen LogP contribution in [0.1, 0.15) is 56.5 Å². The molecule has 7 nitrogen and oxygen atoms in total. The number of rotatable bonds is 3. The van der Waals surface area contributed by atoms with Crippen LogP contribution in [-0.4, -0.2) is 43.4 Å². The van der Waals surface area contributed by atoms with Crippen LogP contribution < -0.4 is 0 Å². The number of hydrogen-bond acceptors (Lipinski definition) is 4. The minimum Gasteiger partial charge on any atom is -0.481 e. The largest absolute Gasteiger partial charge is 0.481 e. The summed E-state index contributed by atoms with van der Waals surface area (Å²) in [7, 11) is 0. The first-order valence-electron chi connectivity index (χ1n) is 8.88. The Balaban J connectivity index is 1.32. The highest BCUT2D eigenvalue weighted by Gasteiger charge is 2.75. The standard InChI is InChI=1S/C17H22N4O3/c1-10-4-11(5-10)21-13-6-20(3-2-12(13)18-19-21)14(22)16-7-17(8-16,9-16)15(23)24/h10-11H,2-9H2,1H3,(H,23,24). The first-order chi connectivity index (χ1) is 11.4. The third-order valence-electron chi connectivity index (χ3n) is 6.75. The molecule has 0 spiro atoms. The molecule has 2 bridgehead atoms. The van der Waals surface area contributed by atoms with E-state index in [0.29, 0.717) is 38.4 Å². The second kappa shape index (κ2) is 4.37. The van der Waals surface area contributed by atoms with Crippen LogP contribution in [0.5, 0.6) is 0 Å². The van der Waals surface area contributed by atoms with Crippen LogP contribution in [0.15, 0.2) is 0 Å². The summed E-state index contributed by atoms with van der Waals surface area (Å²) in [5.74, 6) is 0.148. The van der Waals surface area contributed by atoms with Crippen LogP contribution in [0.2, 0.25) is 0 Å². The van der Waals surface area contributed by atoms with E-state index in [1.807, 2.05) is 9.58 Å². The molecular formula is C17H22N4O3. The van der Waals surface area contributed by atoms with E-state index in [2.05, 4.69) is 17.2 Å². The van der Waals surface area contributed by atoms with Gasteiger partial charge in [-0.2, -0.15) is 0 Å². The molecule has 24 heavy (non-hydrogen) atoms. The first-order valence-corrected chi connectivity index (χ1v) is 8.88. The lowest BCUT2D eigenvalue weighted by Crippen LogP contribution is -2.71. The number of fused-ring (bicyclic) bond motifs is 1. The van der Waals surface area contributed by atoms with Gasteiger partial charge in [0.25, 0.3) is 0 Å². The molecule has 6 rings (SSSR count). The van der Waals surface area contributed by atoms with Crippen molar-refractivity contribution in [1.29, 1.82) is 0 Å². The number of carbonyl (C=O) groups is 2. The van der Waals surface area contributed by atoms with Gasteiger partial charge >= 0.3 is 5.97 Å². The predicted octanol–water partition coefficient (Wildman–Crippen LogP) is 1.39. The third kappa shape index (κ3) is 1.67. The maximum Gasteiger partial charge on any atom is 0.309 e. The van der Waals surface area contributed by atoms with E-state index in [-0.39, 0.29) is 11.3 Å². The molecule has 7 heteroatoms. The molecule has 4 aliphatic carbocycles. The highest BCUT2D eigenvalue weighted by molar-refractivity contribution is 5.93. The summed E-state index contributed by atoms with van der Waals surface area (Å²) in [6, 6.07) is 0.427. The van der Waals surface area contributed by atoms with Crippen molar-refractivity contribution >= 4 is 11.9 Å². The Labute approximate surface area is 140 Å². The van der Waals surface area contributed by atoms with Gasteiger partial charge in [-0.15, -0.1) is 5.10 Å². The van der Waals surface area contributed by atoms with E-state index in [1.54, 1.807) is 0 Å². The van der Waals surface area contributed by atoms with Crippen molar-refractivity contribution in [1.82, 2.24) is 19.9 Å². The summed E-state index contributed by atoms with van der Waals surface area (Å²) in [4.78, 5) is 26.1. The molecular weight excluding hydrogens is 308 g/mol. The minimum atomic E-state index is -0.737. The van der Waals surface area contributed by atoms with Gasteiger partial charge in [-0.1, -0.05) is 12.1 Å². The Morgan fingerprint density at radius 1 is 1.21 bits per heavy atom. The molecule has 1 N–H and O–H groups in total. The van der Waals surface area contributed by atoms with Gasteiger partial charge in [0, 0.05) is 13.0 Å². The van der Waals surface area contributed by atoms with Crippen LogP contribution in [0.3, 0.4) is 0 Å². The van der Waals surface area contributed by atoms with E-state index in [9.17, 15) is 14.7 Å². The normalized spacial score (nSPS) is 39.3. The van der Waals surface area contributed by atoms with Gasteiger partial charge in [-0.25, -0.2) is 4.68 Å². The highest BCUT2D eigenvalue weighted by atomic mass is 16.4. The van der Waals surface area contributed by atoms with Crippen LogP contribution in [-0.2, 0) is 22.6 Å². The van der Waals surface area contributed by atoms with Crippen molar-refractivity contribution in [2.75, 3.05) is 6.54 Å². The van der Waals surface area contributed by atoms with Gasteiger partial charge in [-0.05, 0) is 38.0 Å². The molecule has 5 aliphatic rings. The van der Waals surface area contributed by atoms with E-state index in [4.69, 9.17) is 0 Å². The van der Waals surface area contributed by atoms with E-state index in [1.165, 1.54) is 0 Å². The second-order valence-electron chi connectivity index (χ2n) is 8.53. The van der Waals surface area contributed by atoms with Crippen molar-refractivity contribution < 1.29 is 14.7 Å². The van der Waals surface area contributed by atoms with Crippen LogP contribution >= 0.6 is 0 Å². The maximum absolute atomic E-state index is 12.9. The molecule has 0 unspecified atom stereocenters. The highest BCUT2D eigenvalue weighted by Crippen LogP contribution is 2.74. The average molecular weight is 330 g/mol. The third-order valence-corrected chi connectivity index (χ3v) is 6.75. The van der Waals surface area contributed by atoms with E-state index in [0.717, 1.165) is 36.6 Å². The topological polar surface area (TPSA) is 88.3 Å². The van der Waals surface area contributed by atoms with Crippen molar-refractivity contribution in [2.24, 2.45) is 16.7 Å². The number of carbonyl (C=O) groups excluding carboxylic acids is 1. The Bertz CT molecular complexity index is 729. The zero-order valence-electron chi connectivity index (χ0n) is 13.9. The molecule has 4 fully saturated rings. The molecule has 0 saturated heterocycles. The summed E-state index contributed by atoms with van der Waals surface area (Å²) in [6.07, 6.45) is 4.59.